The Hall–Kier alpha value is -0.590. The Morgan fingerprint density at radius 1 is 1.35 bits per heavy atom. The van der Waals surface area contributed by atoms with Gasteiger partial charge in [0.1, 0.15) is 6.29 Å². The van der Waals surface area contributed by atoms with Crippen molar-refractivity contribution in [1.82, 2.24) is 0 Å². The summed E-state index contributed by atoms with van der Waals surface area (Å²) in [5.74, 6) is 1.23. The summed E-state index contributed by atoms with van der Waals surface area (Å²) in [6.07, 6.45) is 9.41. The predicted octanol–water partition coefficient (Wildman–Crippen LogP) is 4.37. The number of fused-ring (bicyclic) bond motifs is 1. The molecule has 0 aromatic carbocycles. The fourth-order valence-corrected chi connectivity index (χ4v) is 4.69. The Morgan fingerprint density at radius 3 is 2.71 bits per heavy atom. The van der Waals surface area contributed by atoms with E-state index in [-0.39, 0.29) is 0 Å². The minimum Gasteiger partial charge on any atom is -0.303 e. The molecule has 0 radical (unpaired) electrons. The van der Waals surface area contributed by atoms with Crippen LogP contribution in [0.2, 0.25) is 0 Å². The van der Waals surface area contributed by atoms with Gasteiger partial charge in [-0.25, -0.2) is 0 Å². The molecule has 0 heterocycles. The molecule has 0 bridgehead atoms. The Kier molecular flexibility index (Phi) is 3.22. The largest absolute Gasteiger partial charge is 0.303 e. The molecular weight excluding hydrogens is 208 g/mol. The first kappa shape index (κ1) is 12.9. The monoisotopic (exact) mass is 234 g/mol. The van der Waals surface area contributed by atoms with Gasteiger partial charge in [-0.15, -0.1) is 0 Å². The van der Waals surface area contributed by atoms with E-state index in [1.165, 1.54) is 31.3 Å². The van der Waals surface area contributed by atoms with Crippen LogP contribution in [0, 0.1) is 22.7 Å². The van der Waals surface area contributed by atoms with Crippen molar-refractivity contribution >= 4 is 6.29 Å². The van der Waals surface area contributed by atoms with Crippen LogP contribution < -0.4 is 0 Å². The van der Waals surface area contributed by atoms with Gasteiger partial charge in [-0.3, -0.25) is 0 Å². The Bertz CT molecular complexity index is 339. The van der Waals surface area contributed by atoms with E-state index in [9.17, 15) is 4.79 Å². The molecule has 0 spiro atoms. The van der Waals surface area contributed by atoms with Crippen LogP contribution in [0.3, 0.4) is 0 Å². The van der Waals surface area contributed by atoms with Gasteiger partial charge in [-0.2, -0.15) is 0 Å². The maximum absolute atomic E-state index is 11.0. The summed E-state index contributed by atoms with van der Waals surface area (Å²) in [5, 5.41) is 0. The van der Waals surface area contributed by atoms with Crippen LogP contribution in [-0.2, 0) is 4.79 Å². The summed E-state index contributed by atoms with van der Waals surface area (Å²) in [6, 6.07) is 0. The lowest BCUT2D eigenvalue weighted by Crippen LogP contribution is -2.48. The van der Waals surface area contributed by atoms with Crippen molar-refractivity contribution in [3.05, 3.63) is 11.6 Å². The van der Waals surface area contributed by atoms with Crippen LogP contribution in [0.5, 0.6) is 0 Å². The topological polar surface area (TPSA) is 17.1 Å². The molecule has 96 valence electrons. The number of hydrogen-bond acceptors (Lipinski definition) is 1. The van der Waals surface area contributed by atoms with Gasteiger partial charge in [0.15, 0.2) is 0 Å². The normalized spacial score (nSPS) is 40.4. The minimum absolute atomic E-state index is 0.349. The van der Waals surface area contributed by atoms with Gasteiger partial charge in [-0.05, 0) is 48.9 Å². The van der Waals surface area contributed by atoms with Crippen LogP contribution in [0.15, 0.2) is 11.6 Å². The molecule has 0 N–H and O–H groups in total. The summed E-state index contributed by atoms with van der Waals surface area (Å²) in [7, 11) is 0. The molecular formula is C16H26O. The lowest BCUT2D eigenvalue weighted by molar-refractivity contribution is -0.111. The standard InChI is InChI=1S/C16H26O/c1-12-6-7-14-15(2,3)9-5-10-16(14,4)13(12)8-11-17/h6,11,13-14H,5,7-10H2,1-4H3/t13-,14-,16+/m0/s1. The molecule has 1 heteroatoms. The zero-order valence-corrected chi connectivity index (χ0v) is 11.8. The van der Waals surface area contributed by atoms with Gasteiger partial charge in [0.05, 0.1) is 0 Å². The highest BCUT2D eigenvalue weighted by atomic mass is 16.1. The lowest BCUT2D eigenvalue weighted by atomic mass is 9.48. The highest BCUT2D eigenvalue weighted by molar-refractivity contribution is 5.51. The second-order valence-electron chi connectivity index (χ2n) is 7.04. The summed E-state index contributed by atoms with van der Waals surface area (Å²) in [5.41, 5.74) is 2.24. The third kappa shape index (κ3) is 1.98. The summed E-state index contributed by atoms with van der Waals surface area (Å²) >= 11 is 0. The average Bonchev–Trinajstić information content (AvgIpc) is 2.22. The molecule has 0 aromatic heterocycles. The summed E-state index contributed by atoms with van der Waals surface area (Å²) in [4.78, 5) is 11.0. The molecule has 0 aromatic rings. The van der Waals surface area contributed by atoms with Crippen molar-refractivity contribution < 1.29 is 4.79 Å². The first-order valence-electron chi connectivity index (χ1n) is 7.02. The fraction of sp³-hybridized carbons (Fsp3) is 0.812. The van der Waals surface area contributed by atoms with Crippen LogP contribution in [-0.4, -0.2) is 6.29 Å². The van der Waals surface area contributed by atoms with E-state index < -0.39 is 0 Å². The van der Waals surface area contributed by atoms with Crippen molar-refractivity contribution in [2.24, 2.45) is 22.7 Å². The fourth-order valence-electron chi connectivity index (χ4n) is 4.69. The van der Waals surface area contributed by atoms with E-state index in [1.807, 2.05) is 0 Å². The third-order valence-corrected chi connectivity index (χ3v) is 5.63. The molecule has 1 fully saturated rings. The number of allylic oxidation sites excluding steroid dienone is 2. The zero-order valence-electron chi connectivity index (χ0n) is 11.8. The molecule has 2 aliphatic rings. The number of hydrogen-bond donors (Lipinski definition) is 0. The first-order chi connectivity index (χ1) is 7.92. The number of rotatable bonds is 2. The van der Waals surface area contributed by atoms with Gasteiger partial charge in [0, 0.05) is 6.42 Å². The zero-order chi connectivity index (χ0) is 12.7. The maximum Gasteiger partial charge on any atom is 0.120 e. The SMILES string of the molecule is CC1=CC[C@H]2C(C)(C)CCC[C@]2(C)[C@H]1CC=O. The second kappa shape index (κ2) is 4.26. The number of carbonyl (C=O) groups is 1. The molecule has 1 saturated carbocycles. The van der Waals surface area contributed by atoms with Gasteiger partial charge >= 0.3 is 0 Å². The van der Waals surface area contributed by atoms with E-state index in [4.69, 9.17) is 0 Å². The molecule has 2 rings (SSSR count). The van der Waals surface area contributed by atoms with Crippen molar-refractivity contribution in [2.45, 2.75) is 59.8 Å². The van der Waals surface area contributed by atoms with E-state index in [0.29, 0.717) is 23.2 Å². The summed E-state index contributed by atoms with van der Waals surface area (Å²) < 4.78 is 0. The Labute approximate surface area is 106 Å². The van der Waals surface area contributed by atoms with Crippen molar-refractivity contribution in [2.75, 3.05) is 0 Å². The molecule has 0 saturated heterocycles. The van der Waals surface area contributed by atoms with E-state index in [2.05, 4.69) is 33.8 Å². The van der Waals surface area contributed by atoms with Gasteiger partial charge in [-0.1, -0.05) is 38.8 Å². The average molecular weight is 234 g/mol. The van der Waals surface area contributed by atoms with E-state index in [1.54, 1.807) is 0 Å². The number of carbonyl (C=O) groups excluding carboxylic acids is 1. The van der Waals surface area contributed by atoms with Gasteiger partial charge in [0.2, 0.25) is 0 Å². The predicted molar refractivity (Wildman–Crippen MR) is 71.8 cm³/mol. The summed E-state index contributed by atoms with van der Waals surface area (Å²) in [6.45, 7) is 9.49. The van der Waals surface area contributed by atoms with E-state index in [0.717, 1.165) is 12.2 Å². The van der Waals surface area contributed by atoms with Crippen LogP contribution in [0.1, 0.15) is 59.8 Å². The Morgan fingerprint density at radius 2 is 2.06 bits per heavy atom. The van der Waals surface area contributed by atoms with Crippen LogP contribution in [0.4, 0.5) is 0 Å². The van der Waals surface area contributed by atoms with Crippen molar-refractivity contribution in [1.29, 1.82) is 0 Å². The Balaban J connectivity index is 2.38. The lowest BCUT2D eigenvalue weighted by Gasteiger charge is -2.56. The second-order valence-corrected chi connectivity index (χ2v) is 7.04. The van der Waals surface area contributed by atoms with Crippen molar-refractivity contribution in [3.8, 4) is 0 Å². The van der Waals surface area contributed by atoms with E-state index >= 15 is 0 Å². The highest BCUT2D eigenvalue weighted by Crippen LogP contribution is 2.60. The van der Waals surface area contributed by atoms with Gasteiger partial charge in [0.25, 0.3) is 0 Å². The minimum atomic E-state index is 0.349. The first-order valence-corrected chi connectivity index (χ1v) is 7.02. The number of aldehydes is 1. The third-order valence-electron chi connectivity index (χ3n) is 5.63. The smallest absolute Gasteiger partial charge is 0.120 e. The molecule has 17 heavy (non-hydrogen) atoms. The highest BCUT2D eigenvalue weighted by Gasteiger charge is 2.51. The maximum atomic E-state index is 11.0. The molecule has 0 unspecified atom stereocenters. The van der Waals surface area contributed by atoms with Gasteiger partial charge < -0.3 is 4.79 Å². The molecule has 1 nitrogen and oxygen atoms in total. The molecule has 3 atom stereocenters. The quantitative estimate of drug-likeness (QED) is 0.512. The van der Waals surface area contributed by atoms with Crippen molar-refractivity contribution in [3.63, 3.8) is 0 Å². The molecule has 0 aliphatic heterocycles. The molecule has 2 aliphatic carbocycles. The van der Waals surface area contributed by atoms with Crippen LogP contribution in [0.25, 0.3) is 0 Å². The van der Waals surface area contributed by atoms with Crippen LogP contribution >= 0.6 is 0 Å². The molecule has 0 amide bonds.